The average molecular weight is 710 g/mol. The van der Waals surface area contributed by atoms with Crippen LogP contribution >= 0.6 is 0 Å². The van der Waals surface area contributed by atoms with E-state index in [1.54, 1.807) is 18.2 Å². The fraction of sp³-hybridized carbons (Fsp3) is 0.474. The number of para-hydroxylation sites is 1. The minimum absolute atomic E-state index is 0.00110. The average Bonchev–Trinajstić information content (AvgIpc) is 3.06. The SMILES string of the molecule is C[C@H]1CCCCO[C@@H](CN(C)S(=O)(=O)c2ccc(F)cc2)[C@H](C)CN([C@@H](C)CN(C)C)C(=O)c2cc(NC(=O)Nc3ccccc3)ccc2C1. The molecule has 3 amide bonds. The first-order chi connectivity index (χ1) is 23.7. The van der Waals surface area contributed by atoms with Gasteiger partial charge in [0, 0.05) is 62.2 Å². The van der Waals surface area contributed by atoms with Gasteiger partial charge in [0.05, 0.1) is 11.0 Å². The first-order valence-electron chi connectivity index (χ1n) is 17.3. The summed E-state index contributed by atoms with van der Waals surface area (Å²) >= 11 is 0. The highest BCUT2D eigenvalue weighted by Gasteiger charge is 2.32. The molecule has 2 N–H and O–H groups in total. The molecule has 0 saturated carbocycles. The summed E-state index contributed by atoms with van der Waals surface area (Å²) < 4.78 is 48.1. The smallest absolute Gasteiger partial charge is 0.323 e. The summed E-state index contributed by atoms with van der Waals surface area (Å²) in [5.41, 5.74) is 2.60. The number of rotatable bonds is 9. The van der Waals surface area contributed by atoms with E-state index in [0.29, 0.717) is 49.0 Å². The van der Waals surface area contributed by atoms with E-state index in [0.717, 1.165) is 37.0 Å². The second kappa shape index (κ2) is 17.9. The number of anilines is 2. The number of carbonyl (C=O) groups is 2. The van der Waals surface area contributed by atoms with Crippen LogP contribution in [0.2, 0.25) is 0 Å². The van der Waals surface area contributed by atoms with Crippen LogP contribution in [0.4, 0.5) is 20.6 Å². The Kier molecular flexibility index (Phi) is 13.9. The molecule has 1 aliphatic rings. The minimum Gasteiger partial charge on any atom is -0.376 e. The number of nitrogens with one attached hydrogen (secondary N) is 2. The van der Waals surface area contributed by atoms with Crippen LogP contribution in [0.15, 0.2) is 77.7 Å². The Balaban J connectivity index is 1.66. The molecular weight excluding hydrogens is 658 g/mol. The predicted molar refractivity (Wildman–Crippen MR) is 196 cm³/mol. The van der Waals surface area contributed by atoms with Gasteiger partial charge in [0.25, 0.3) is 5.91 Å². The molecule has 12 heteroatoms. The van der Waals surface area contributed by atoms with E-state index in [1.165, 1.54) is 23.5 Å². The zero-order chi connectivity index (χ0) is 36.4. The molecular formula is C38H52FN5O5S. The molecule has 0 aliphatic carbocycles. The predicted octanol–water partition coefficient (Wildman–Crippen LogP) is 6.57. The van der Waals surface area contributed by atoms with Crippen molar-refractivity contribution in [3.8, 4) is 0 Å². The van der Waals surface area contributed by atoms with Crippen molar-refractivity contribution in [2.45, 2.75) is 63.5 Å². The van der Waals surface area contributed by atoms with Gasteiger partial charge in [-0.05, 0) is 93.9 Å². The van der Waals surface area contributed by atoms with E-state index < -0.39 is 28.0 Å². The Morgan fingerprint density at radius 1 is 0.980 bits per heavy atom. The Morgan fingerprint density at radius 2 is 1.66 bits per heavy atom. The summed E-state index contributed by atoms with van der Waals surface area (Å²) in [5.74, 6) is -0.638. The van der Waals surface area contributed by atoms with Crippen LogP contribution in [0, 0.1) is 17.7 Å². The lowest BCUT2D eigenvalue weighted by Gasteiger charge is -2.37. The number of benzene rings is 3. The molecule has 0 aromatic heterocycles. The van der Waals surface area contributed by atoms with Crippen molar-refractivity contribution in [1.29, 1.82) is 0 Å². The summed E-state index contributed by atoms with van der Waals surface area (Å²) in [7, 11) is 1.49. The maximum atomic E-state index is 14.7. The number of halogens is 1. The third kappa shape index (κ3) is 10.8. The summed E-state index contributed by atoms with van der Waals surface area (Å²) in [6.45, 7) is 7.59. The molecule has 3 aromatic carbocycles. The number of carbonyl (C=O) groups excluding carboxylic acids is 2. The Bertz CT molecular complexity index is 1670. The topological polar surface area (TPSA) is 111 Å². The highest BCUT2D eigenvalue weighted by molar-refractivity contribution is 7.89. The molecule has 3 aromatic rings. The Labute approximate surface area is 297 Å². The van der Waals surface area contributed by atoms with Crippen molar-refractivity contribution in [3.05, 3.63) is 89.7 Å². The van der Waals surface area contributed by atoms with Crippen LogP contribution in [-0.4, -0.2) is 94.0 Å². The van der Waals surface area contributed by atoms with Gasteiger partial charge in [-0.1, -0.05) is 51.0 Å². The molecule has 0 radical (unpaired) electrons. The van der Waals surface area contributed by atoms with Gasteiger partial charge in [0.2, 0.25) is 10.0 Å². The molecule has 272 valence electrons. The van der Waals surface area contributed by atoms with Crippen molar-refractivity contribution < 1.29 is 27.1 Å². The third-order valence-corrected chi connectivity index (χ3v) is 11.0. The van der Waals surface area contributed by atoms with E-state index in [2.05, 4.69) is 17.6 Å². The lowest BCUT2D eigenvalue weighted by molar-refractivity contribution is -0.00623. The number of sulfonamides is 1. The molecule has 0 bridgehead atoms. The first-order valence-corrected chi connectivity index (χ1v) is 18.7. The van der Waals surface area contributed by atoms with Gasteiger partial charge in [-0.25, -0.2) is 17.6 Å². The first kappa shape index (κ1) is 39.0. The van der Waals surface area contributed by atoms with Crippen LogP contribution in [-0.2, 0) is 21.2 Å². The summed E-state index contributed by atoms with van der Waals surface area (Å²) in [5, 5.41) is 5.72. The lowest BCUT2D eigenvalue weighted by atomic mass is 9.91. The van der Waals surface area contributed by atoms with Crippen molar-refractivity contribution in [2.24, 2.45) is 11.8 Å². The lowest BCUT2D eigenvalue weighted by Crippen LogP contribution is -2.49. The number of likely N-dealkylation sites (N-methyl/N-ethyl adjacent to an activating group) is 2. The minimum atomic E-state index is -3.92. The molecule has 0 spiro atoms. The Hall–Kier alpha value is -3.84. The van der Waals surface area contributed by atoms with E-state index in [1.807, 2.05) is 68.1 Å². The van der Waals surface area contributed by atoms with Crippen LogP contribution in [0.1, 0.15) is 56.0 Å². The quantitative estimate of drug-likeness (QED) is 0.260. The van der Waals surface area contributed by atoms with Gasteiger partial charge < -0.3 is 25.2 Å². The number of hydrogen-bond donors (Lipinski definition) is 2. The molecule has 1 aliphatic heterocycles. The summed E-state index contributed by atoms with van der Waals surface area (Å²) in [6, 6.07) is 18.8. The largest absolute Gasteiger partial charge is 0.376 e. The number of ether oxygens (including phenoxy) is 1. The van der Waals surface area contributed by atoms with Gasteiger partial charge in [-0.2, -0.15) is 4.31 Å². The van der Waals surface area contributed by atoms with Crippen LogP contribution in [0.5, 0.6) is 0 Å². The molecule has 50 heavy (non-hydrogen) atoms. The molecule has 4 atom stereocenters. The number of amides is 3. The molecule has 10 nitrogen and oxygen atoms in total. The summed E-state index contributed by atoms with van der Waals surface area (Å²) in [4.78, 5) is 31.5. The van der Waals surface area contributed by atoms with E-state index in [-0.39, 0.29) is 29.3 Å². The molecule has 0 unspecified atom stereocenters. The highest BCUT2D eigenvalue weighted by Crippen LogP contribution is 2.27. The fourth-order valence-corrected chi connectivity index (χ4v) is 7.54. The Morgan fingerprint density at radius 3 is 2.34 bits per heavy atom. The highest BCUT2D eigenvalue weighted by atomic mass is 32.2. The van der Waals surface area contributed by atoms with Crippen LogP contribution in [0.3, 0.4) is 0 Å². The monoisotopic (exact) mass is 709 g/mol. The van der Waals surface area contributed by atoms with Gasteiger partial charge in [-0.3, -0.25) is 4.79 Å². The van der Waals surface area contributed by atoms with Crippen LogP contribution < -0.4 is 10.6 Å². The molecule has 0 saturated heterocycles. The fourth-order valence-electron chi connectivity index (χ4n) is 6.36. The normalized spacial score (nSPS) is 20.2. The van der Waals surface area contributed by atoms with Crippen molar-refractivity contribution in [1.82, 2.24) is 14.1 Å². The second-order valence-corrected chi connectivity index (χ2v) is 15.9. The van der Waals surface area contributed by atoms with Crippen molar-refractivity contribution in [2.75, 3.05) is 58.0 Å². The maximum Gasteiger partial charge on any atom is 0.323 e. The van der Waals surface area contributed by atoms with Crippen molar-refractivity contribution in [3.63, 3.8) is 0 Å². The van der Waals surface area contributed by atoms with E-state index in [4.69, 9.17) is 4.74 Å². The molecule has 0 fully saturated rings. The van der Waals surface area contributed by atoms with Gasteiger partial charge >= 0.3 is 6.03 Å². The molecule has 4 rings (SSSR count). The zero-order valence-corrected chi connectivity index (χ0v) is 30.9. The van der Waals surface area contributed by atoms with Gasteiger partial charge in [0.15, 0.2) is 0 Å². The number of hydrogen-bond acceptors (Lipinski definition) is 6. The van der Waals surface area contributed by atoms with Gasteiger partial charge in [-0.15, -0.1) is 0 Å². The van der Waals surface area contributed by atoms with Crippen molar-refractivity contribution >= 4 is 33.3 Å². The van der Waals surface area contributed by atoms with Crippen LogP contribution in [0.25, 0.3) is 0 Å². The van der Waals surface area contributed by atoms with E-state index in [9.17, 15) is 22.4 Å². The number of nitrogens with zero attached hydrogens (tertiary/aromatic N) is 3. The number of fused-ring (bicyclic) bond motifs is 1. The number of urea groups is 1. The summed E-state index contributed by atoms with van der Waals surface area (Å²) in [6.07, 6.45) is 2.84. The molecule has 1 heterocycles. The van der Waals surface area contributed by atoms with E-state index >= 15 is 0 Å². The third-order valence-electron chi connectivity index (χ3n) is 9.12. The second-order valence-electron chi connectivity index (χ2n) is 13.8. The maximum absolute atomic E-state index is 14.7. The standard InChI is InChI=1S/C38H52FN5O5S/c1-27-12-10-11-21-49-36(26-43(6)50(47,48)34-19-16-31(39)17-20-34)28(2)24-44(29(3)25-42(4)5)37(45)35-23-33(18-15-30(35)22-27)41-38(46)40-32-13-8-7-9-14-32/h7-9,13-20,23,27-29,36H,10-12,21-22,24-26H2,1-6H3,(H2,40,41,46)/t27-,28+,29-,36-/m0/s1. The van der Waals surface area contributed by atoms with Gasteiger partial charge in [0.1, 0.15) is 5.82 Å². The zero-order valence-electron chi connectivity index (χ0n) is 30.1.